The Hall–Kier alpha value is -4.06. The number of benzene rings is 3. The summed E-state index contributed by atoms with van der Waals surface area (Å²) in [7, 11) is 0. The van der Waals surface area contributed by atoms with Crippen molar-refractivity contribution in [3.63, 3.8) is 0 Å². The number of carbonyl (C=O) groups excluding carboxylic acids is 1. The number of hydrogen-bond acceptors (Lipinski definition) is 5. The summed E-state index contributed by atoms with van der Waals surface area (Å²) in [5.74, 6) is -1.97. The molecule has 6 heteroatoms. The number of phenolic OH excluding ortho intramolecular Hbond substituents is 2. The second-order valence-electron chi connectivity index (χ2n) is 8.28. The Balaban J connectivity index is 1.71. The zero-order valence-electron chi connectivity index (χ0n) is 18.6. The number of carboxylic acids is 1. The predicted octanol–water partition coefficient (Wildman–Crippen LogP) is 5.75. The van der Waals surface area contributed by atoms with Crippen LogP contribution in [0, 0.1) is 0 Å². The van der Waals surface area contributed by atoms with Gasteiger partial charge in [-0.25, -0.2) is 0 Å². The highest BCUT2D eigenvalue weighted by Crippen LogP contribution is 2.48. The zero-order chi connectivity index (χ0) is 24.1. The van der Waals surface area contributed by atoms with Gasteiger partial charge >= 0.3 is 5.97 Å². The lowest BCUT2D eigenvalue weighted by Crippen LogP contribution is -2.21. The molecule has 0 amide bonds. The Morgan fingerprint density at radius 3 is 2.41 bits per heavy atom. The van der Waals surface area contributed by atoms with Crippen LogP contribution in [-0.2, 0) is 4.79 Å². The molecule has 174 valence electrons. The van der Waals surface area contributed by atoms with E-state index in [0.29, 0.717) is 12.8 Å². The van der Waals surface area contributed by atoms with Gasteiger partial charge in [0.1, 0.15) is 28.9 Å². The number of ether oxygens (including phenoxy) is 1. The molecule has 0 aliphatic carbocycles. The van der Waals surface area contributed by atoms with Gasteiger partial charge in [0, 0.05) is 24.0 Å². The minimum absolute atomic E-state index is 0.0596. The number of carbonyl (C=O) groups is 2. The van der Waals surface area contributed by atoms with Gasteiger partial charge in [-0.3, -0.25) is 9.59 Å². The van der Waals surface area contributed by atoms with Crippen molar-refractivity contribution in [2.45, 2.75) is 37.7 Å². The molecular weight excluding hydrogens is 432 g/mol. The van der Waals surface area contributed by atoms with Crippen LogP contribution in [0.5, 0.6) is 17.2 Å². The van der Waals surface area contributed by atoms with Crippen molar-refractivity contribution in [1.29, 1.82) is 0 Å². The van der Waals surface area contributed by atoms with Gasteiger partial charge in [-0.15, -0.1) is 0 Å². The Bertz CT molecular complexity index is 1200. The normalized spacial score (nSPS) is 16.1. The number of aliphatic carboxylic acids is 1. The minimum Gasteiger partial charge on any atom is -0.507 e. The van der Waals surface area contributed by atoms with E-state index in [1.165, 1.54) is 6.07 Å². The standard InChI is InChI=1S/C28H26O6/c29-21-17-24-27(22(30)16-23(34-24)19-12-6-2-7-13-19)28(33)26(21)20(18-10-4-1-5-11-18)14-8-3-9-15-25(31)32/h1-2,4-8,10-14,17,20,23,29,33H,3,9,15-16H2,(H,31,32). The van der Waals surface area contributed by atoms with Crippen LogP contribution in [0.15, 0.2) is 78.9 Å². The Kier molecular flexibility index (Phi) is 6.97. The van der Waals surface area contributed by atoms with Crippen LogP contribution in [0.2, 0.25) is 0 Å². The van der Waals surface area contributed by atoms with Gasteiger partial charge in [-0.2, -0.15) is 0 Å². The van der Waals surface area contributed by atoms with Crippen molar-refractivity contribution in [2.75, 3.05) is 0 Å². The maximum atomic E-state index is 13.1. The molecule has 2 atom stereocenters. The van der Waals surface area contributed by atoms with Gasteiger partial charge < -0.3 is 20.1 Å². The second kappa shape index (κ2) is 10.3. The average Bonchev–Trinajstić information content (AvgIpc) is 2.83. The number of aromatic hydroxyl groups is 2. The number of fused-ring (bicyclic) bond motifs is 1. The summed E-state index contributed by atoms with van der Waals surface area (Å²) < 4.78 is 6.01. The van der Waals surface area contributed by atoms with Gasteiger partial charge in [0.15, 0.2) is 5.78 Å². The van der Waals surface area contributed by atoms with Crippen LogP contribution in [0.25, 0.3) is 0 Å². The largest absolute Gasteiger partial charge is 0.507 e. The van der Waals surface area contributed by atoms with E-state index < -0.39 is 18.0 Å². The number of allylic oxidation sites excluding steroid dienone is 2. The summed E-state index contributed by atoms with van der Waals surface area (Å²) in [4.78, 5) is 23.9. The van der Waals surface area contributed by atoms with E-state index in [-0.39, 0.29) is 47.0 Å². The molecule has 1 aliphatic heterocycles. The molecule has 0 aromatic heterocycles. The van der Waals surface area contributed by atoms with E-state index in [9.17, 15) is 19.8 Å². The molecule has 0 radical (unpaired) electrons. The lowest BCUT2D eigenvalue weighted by molar-refractivity contribution is -0.137. The van der Waals surface area contributed by atoms with Gasteiger partial charge in [0.2, 0.25) is 0 Å². The van der Waals surface area contributed by atoms with Crippen molar-refractivity contribution in [2.24, 2.45) is 0 Å². The van der Waals surface area contributed by atoms with Crippen LogP contribution < -0.4 is 4.74 Å². The SMILES string of the molecule is O=C(O)CCCC=CC(c1ccccc1)c1c(O)cc2c(c1O)C(=O)CC(c1ccccc1)O2. The first kappa shape index (κ1) is 23.1. The molecule has 0 saturated carbocycles. The third kappa shape index (κ3) is 4.96. The van der Waals surface area contributed by atoms with Crippen molar-refractivity contribution < 1.29 is 29.6 Å². The van der Waals surface area contributed by atoms with E-state index in [1.807, 2.05) is 72.8 Å². The number of unbranched alkanes of at least 4 members (excludes halogenated alkanes) is 1. The summed E-state index contributed by atoms with van der Waals surface area (Å²) in [5, 5.41) is 31.0. The Morgan fingerprint density at radius 1 is 1.06 bits per heavy atom. The highest BCUT2D eigenvalue weighted by atomic mass is 16.5. The monoisotopic (exact) mass is 458 g/mol. The molecule has 0 bridgehead atoms. The number of rotatable bonds is 8. The maximum Gasteiger partial charge on any atom is 0.303 e. The van der Waals surface area contributed by atoms with Crippen LogP contribution in [0.4, 0.5) is 0 Å². The van der Waals surface area contributed by atoms with Crippen molar-refractivity contribution in [1.82, 2.24) is 0 Å². The number of ketones is 1. The van der Waals surface area contributed by atoms with Crippen molar-refractivity contribution >= 4 is 11.8 Å². The second-order valence-corrected chi connectivity index (χ2v) is 8.28. The topological polar surface area (TPSA) is 104 Å². The highest BCUT2D eigenvalue weighted by molar-refractivity contribution is 6.03. The van der Waals surface area contributed by atoms with E-state index in [0.717, 1.165) is 11.1 Å². The summed E-state index contributed by atoms with van der Waals surface area (Å²) in [6.45, 7) is 0. The fraction of sp³-hybridized carbons (Fsp3) is 0.214. The first-order chi connectivity index (χ1) is 16.5. The van der Waals surface area contributed by atoms with Crippen LogP contribution in [0.3, 0.4) is 0 Å². The lowest BCUT2D eigenvalue weighted by Gasteiger charge is -2.28. The Morgan fingerprint density at radius 2 is 1.74 bits per heavy atom. The quantitative estimate of drug-likeness (QED) is 0.293. The summed E-state index contributed by atoms with van der Waals surface area (Å²) in [5.41, 5.74) is 1.94. The van der Waals surface area contributed by atoms with Gasteiger partial charge in [0.25, 0.3) is 0 Å². The molecule has 3 aromatic carbocycles. The Labute approximate surface area is 197 Å². The zero-order valence-corrected chi connectivity index (χ0v) is 18.6. The van der Waals surface area contributed by atoms with E-state index in [4.69, 9.17) is 9.84 Å². The number of phenols is 2. The van der Waals surface area contributed by atoms with Crippen LogP contribution >= 0.6 is 0 Å². The first-order valence-electron chi connectivity index (χ1n) is 11.2. The lowest BCUT2D eigenvalue weighted by atomic mass is 9.85. The maximum absolute atomic E-state index is 13.1. The molecule has 3 N–H and O–H groups in total. The van der Waals surface area contributed by atoms with Crippen LogP contribution in [0.1, 0.15) is 64.8 Å². The minimum atomic E-state index is -0.856. The van der Waals surface area contributed by atoms with Gasteiger partial charge in [-0.05, 0) is 24.0 Å². The number of Topliss-reactive ketones (excluding diaryl/α,β-unsaturated/α-hetero) is 1. The summed E-state index contributed by atoms with van der Waals surface area (Å²) in [6, 6.07) is 20.1. The molecule has 1 heterocycles. The van der Waals surface area contributed by atoms with Crippen molar-refractivity contribution in [3.05, 3.63) is 101 Å². The van der Waals surface area contributed by atoms with E-state index in [2.05, 4.69) is 0 Å². The molecule has 0 saturated heterocycles. The fourth-order valence-corrected chi connectivity index (χ4v) is 4.27. The molecule has 2 unspecified atom stereocenters. The van der Waals surface area contributed by atoms with Gasteiger partial charge in [-0.1, -0.05) is 72.8 Å². The van der Waals surface area contributed by atoms with E-state index >= 15 is 0 Å². The molecule has 1 aliphatic rings. The van der Waals surface area contributed by atoms with Crippen LogP contribution in [-0.4, -0.2) is 27.1 Å². The molecule has 6 nitrogen and oxygen atoms in total. The fourth-order valence-electron chi connectivity index (χ4n) is 4.27. The molecule has 0 fully saturated rings. The average molecular weight is 459 g/mol. The summed E-state index contributed by atoms with van der Waals surface area (Å²) >= 11 is 0. The number of hydrogen-bond donors (Lipinski definition) is 3. The molecule has 3 aromatic rings. The smallest absolute Gasteiger partial charge is 0.303 e. The van der Waals surface area contributed by atoms with E-state index in [1.54, 1.807) is 0 Å². The predicted molar refractivity (Wildman–Crippen MR) is 127 cm³/mol. The third-order valence-corrected chi connectivity index (χ3v) is 5.93. The third-order valence-electron chi connectivity index (χ3n) is 5.93. The summed E-state index contributed by atoms with van der Waals surface area (Å²) in [6.07, 6.45) is 4.30. The van der Waals surface area contributed by atoms with Gasteiger partial charge in [0.05, 0.1) is 6.42 Å². The molecule has 0 spiro atoms. The first-order valence-corrected chi connectivity index (χ1v) is 11.2. The number of carboxylic acid groups (broad SMARTS) is 1. The molecular formula is C28H26O6. The highest BCUT2D eigenvalue weighted by Gasteiger charge is 2.34. The molecule has 4 rings (SSSR count). The van der Waals surface area contributed by atoms with Crippen molar-refractivity contribution in [3.8, 4) is 17.2 Å². The molecule has 34 heavy (non-hydrogen) atoms.